The quantitative estimate of drug-likeness (QED) is 0.319. The summed E-state index contributed by atoms with van der Waals surface area (Å²) in [5.41, 5.74) is 6.36. The number of rotatable bonds is 7. The molecule has 1 atom stereocenters. The maximum absolute atomic E-state index is 14.0. The summed E-state index contributed by atoms with van der Waals surface area (Å²) in [5, 5.41) is 3.45. The lowest BCUT2D eigenvalue weighted by molar-refractivity contribution is -0.128. The SMILES string of the molecule is O=C1C(Nc2ccccc2)=C([C@H]2C3=C(Oc4ccccc42)C(=O)N(Cc2ccccc2)C3)CN1Cc1ccccc1. The second-order valence-electron chi connectivity index (χ2n) is 10.6. The first-order valence-corrected chi connectivity index (χ1v) is 13.9. The minimum atomic E-state index is -0.268. The van der Waals surface area contributed by atoms with Gasteiger partial charge in [0.25, 0.3) is 11.8 Å². The van der Waals surface area contributed by atoms with Crippen LogP contribution >= 0.6 is 0 Å². The third kappa shape index (κ3) is 4.67. The topological polar surface area (TPSA) is 61.9 Å². The summed E-state index contributed by atoms with van der Waals surface area (Å²) < 4.78 is 6.28. The van der Waals surface area contributed by atoms with Gasteiger partial charge in [-0.15, -0.1) is 0 Å². The first kappa shape index (κ1) is 24.9. The molecule has 0 unspecified atom stereocenters. The van der Waals surface area contributed by atoms with Crippen LogP contribution in [0.1, 0.15) is 22.6 Å². The van der Waals surface area contributed by atoms with Gasteiger partial charge in [-0.3, -0.25) is 9.59 Å². The van der Waals surface area contributed by atoms with E-state index in [4.69, 9.17) is 4.74 Å². The van der Waals surface area contributed by atoms with Gasteiger partial charge in [-0.2, -0.15) is 0 Å². The van der Waals surface area contributed by atoms with Gasteiger partial charge in [0, 0.05) is 48.9 Å². The predicted octanol–water partition coefficient (Wildman–Crippen LogP) is 5.87. The third-order valence-electron chi connectivity index (χ3n) is 7.93. The van der Waals surface area contributed by atoms with E-state index in [1.165, 1.54) is 0 Å². The molecule has 0 radical (unpaired) electrons. The number of amides is 2. The van der Waals surface area contributed by atoms with Crippen LogP contribution < -0.4 is 10.1 Å². The molecule has 202 valence electrons. The molecule has 7 rings (SSSR count). The smallest absolute Gasteiger partial charge is 0.290 e. The molecule has 0 spiro atoms. The molecule has 3 aliphatic heterocycles. The van der Waals surface area contributed by atoms with E-state index in [0.29, 0.717) is 43.4 Å². The maximum atomic E-state index is 14.0. The Kier molecular flexibility index (Phi) is 6.36. The fraction of sp³-hybridized carbons (Fsp3) is 0.143. The number of para-hydroxylation sites is 2. The molecule has 0 bridgehead atoms. The number of anilines is 1. The number of carbonyl (C=O) groups is 2. The molecule has 3 aliphatic rings. The van der Waals surface area contributed by atoms with Crippen molar-refractivity contribution in [3.63, 3.8) is 0 Å². The molecule has 0 aliphatic carbocycles. The van der Waals surface area contributed by atoms with E-state index in [2.05, 4.69) is 5.32 Å². The van der Waals surface area contributed by atoms with E-state index in [-0.39, 0.29) is 17.7 Å². The van der Waals surface area contributed by atoms with Crippen molar-refractivity contribution in [2.75, 3.05) is 18.4 Å². The van der Waals surface area contributed by atoms with Crippen molar-refractivity contribution in [3.05, 3.63) is 155 Å². The lowest BCUT2D eigenvalue weighted by Crippen LogP contribution is -2.28. The Hall–Kier alpha value is -5.10. The number of hydrogen-bond donors (Lipinski definition) is 1. The van der Waals surface area contributed by atoms with Gasteiger partial charge in [0.05, 0.1) is 0 Å². The fourth-order valence-corrected chi connectivity index (χ4v) is 6.02. The first-order valence-electron chi connectivity index (χ1n) is 13.9. The van der Waals surface area contributed by atoms with Gasteiger partial charge in [0.2, 0.25) is 0 Å². The van der Waals surface area contributed by atoms with Gasteiger partial charge in [-0.05, 0) is 34.9 Å². The average molecular weight is 540 g/mol. The van der Waals surface area contributed by atoms with E-state index in [1.807, 2.05) is 125 Å². The highest BCUT2D eigenvalue weighted by Gasteiger charge is 2.45. The van der Waals surface area contributed by atoms with Gasteiger partial charge in [0.15, 0.2) is 5.76 Å². The summed E-state index contributed by atoms with van der Waals surface area (Å²) in [6.07, 6.45) is 0. The lowest BCUT2D eigenvalue weighted by atomic mass is 9.82. The van der Waals surface area contributed by atoms with Crippen molar-refractivity contribution in [2.45, 2.75) is 19.0 Å². The van der Waals surface area contributed by atoms with Crippen LogP contribution in [0.4, 0.5) is 5.69 Å². The summed E-state index contributed by atoms with van der Waals surface area (Å²) in [4.78, 5) is 31.4. The van der Waals surface area contributed by atoms with E-state index in [1.54, 1.807) is 0 Å². The number of carbonyl (C=O) groups excluding carboxylic acids is 2. The maximum Gasteiger partial charge on any atom is 0.290 e. The molecular formula is C35H29N3O3. The van der Waals surface area contributed by atoms with E-state index in [9.17, 15) is 9.59 Å². The third-order valence-corrected chi connectivity index (χ3v) is 7.93. The molecule has 0 fully saturated rings. The Morgan fingerprint density at radius 3 is 1.83 bits per heavy atom. The van der Waals surface area contributed by atoms with Gasteiger partial charge in [-0.1, -0.05) is 97.1 Å². The van der Waals surface area contributed by atoms with E-state index >= 15 is 0 Å². The van der Waals surface area contributed by atoms with Gasteiger partial charge in [0.1, 0.15) is 11.4 Å². The summed E-state index contributed by atoms with van der Waals surface area (Å²) >= 11 is 0. The van der Waals surface area contributed by atoms with Gasteiger partial charge >= 0.3 is 0 Å². The van der Waals surface area contributed by atoms with E-state index in [0.717, 1.165) is 33.5 Å². The van der Waals surface area contributed by atoms with Crippen LogP contribution in [0.5, 0.6) is 5.75 Å². The van der Waals surface area contributed by atoms with Crippen LogP contribution in [-0.4, -0.2) is 34.7 Å². The van der Waals surface area contributed by atoms with E-state index < -0.39 is 0 Å². The molecule has 41 heavy (non-hydrogen) atoms. The molecule has 4 aromatic carbocycles. The number of fused-ring (bicyclic) bond motifs is 1. The normalized spacial score (nSPS) is 18.0. The molecule has 1 N–H and O–H groups in total. The van der Waals surface area contributed by atoms with Crippen molar-refractivity contribution >= 4 is 17.5 Å². The van der Waals surface area contributed by atoms with Crippen molar-refractivity contribution < 1.29 is 14.3 Å². The zero-order valence-corrected chi connectivity index (χ0v) is 22.5. The van der Waals surface area contributed by atoms with Crippen molar-refractivity contribution in [3.8, 4) is 5.75 Å². The van der Waals surface area contributed by atoms with Gasteiger partial charge in [-0.25, -0.2) is 0 Å². The van der Waals surface area contributed by atoms with Crippen LogP contribution in [0.15, 0.2) is 138 Å². The minimum absolute atomic E-state index is 0.0516. The highest BCUT2D eigenvalue weighted by atomic mass is 16.5. The molecule has 6 heteroatoms. The molecule has 2 amide bonds. The highest BCUT2D eigenvalue weighted by Crippen LogP contribution is 2.48. The van der Waals surface area contributed by atoms with Crippen molar-refractivity contribution in [1.82, 2.24) is 9.80 Å². The zero-order valence-electron chi connectivity index (χ0n) is 22.5. The number of nitrogens with one attached hydrogen (secondary N) is 1. The summed E-state index contributed by atoms with van der Waals surface area (Å²) in [6, 6.07) is 37.7. The number of nitrogens with zero attached hydrogens (tertiary/aromatic N) is 2. The molecule has 0 aromatic heterocycles. The van der Waals surface area contributed by atoms with Crippen LogP contribution in [0.3, 0.4) is 0 Å². The largest absolute Gasteiger partial charge is 0.451 e. The van der Waals surface area contributed by atoms with Crippen molar-refractivity contribution in [1.29, 1.82) is 0 Å². The Morgan fingerprint density at radius 2 is 1.17 bits per heavy atom. The standard InChI is InChI=1S/C35H29N3O3/c39-34-32(36-26-16-8-3-9-17-26)28(22-37(34)20-24-12-4-1-5-13-24)31-27-18-10-11-19-30(27)41-33-29(31)23-38(35(33)40)21-25-14-6-2-7-15-25/h1-19,31,36H,20-23H2/t31-/m0/s1. The second-order valence-corrected chi connectivity index (χ2v) is 10.6. The molecule has 6 nitrogen and oxygen atoms in total. The Balaban J connectivity index is 1.30. The van der Waals surface area contributed by atoms with Crippen LogP contribution in [-0.2, 0) is 22.7 Å². The molecule has 0 saturated carbocycles. The van der Waals surface area contributed by atoms with Crippen LogP contribution in [0.25, 0.3) is 0 Å². The Bertz CT molecular complexity index is 1680. The average Bonchev–Trinajstić information content (AvgIpc) is 3.48. The Morgan fingerprint density at radius 1 is 0.634 bits per heavy atom. The van der Waals surface area contributed by atoms with Crippen LogP contribution in [0.2, 0.25) is 0 Å². The molecular weight excluding hydrogens is 510 g/mol. The highest BCUT2D eigenvalue weighted by molar-refractivity contribution is 6.01. The molecule has 3 heterocycles. The fourth-order valence-electron chi connectivity index (χ4n) is 6.02. The number of benzene rings is 4. The summed E-state index contributed by atoms with van der Waals surface area (Å²) in [7, 11) is 0. The molecule has 4 aromatic rings. The first-order chi connectivity index (χ1) is 20.2. The zero-order chi connectivity index (χ0) is 27.8. The van der Waals surface area contributed by atoms with Crippen LogP contribution in [0, 0.1) is 0 Å². The predicted molar refractivity (Wildman–Crippen MR) is 158 cm³/mol. The Labute approximate surface area is 239 Å². The summed E-state index contributed by atoms with van der Waals surface area (Å²) in [5.74, 6) is 0.601. The van der Waals surface area contributed by atoms with Gasteiger partial charge < -0.3 is 19.9 Å². The lowest BCUT2D eigenvalue weighted by Gasteiger charge is -2.28. The minimum Gasteiger partial charge on any atom is -0.451 e. The van der Waals surface area contributed by atoms with Crippen molar-refractivity contribution in [2.24, 2.45) is 0 Å². The molecule has 0 saturated heterocycles. The second kappa shape index (κ2) is 10.5. The monoisotopic (exact) mass is 539 g/mol. The number of ether oxygens (including phenoxy) is 1. The number of hydrogen-bond acceptors (Lipinski definition) is 4. The summed E-state index contributed by atoms with van der Waals surface area (Å²) in [6.45, 7) is 1.88.